The highest BCUT2D eigenvalue weighted by Gasteiger charge is 2.24. The van der Waals surface area contributed by atoms with Crippen LogP contribution in [0.15, 0.2) is 12.3 Å². The molecule has 0 radical (unpaired) electrons. The molecule has 0 saturated carbocycles. The first-order valence-electron chi connectivity index (χ1n) is 7.15. The summed E-state index contributed by atoms with van der Waals surface area (Å²) in [5.74, 6) is 3.86. The van der Waals surface area contributed by atoms with Crippen LogP contribution in [0.5, 0.6) is 0 Å². The Morgan fingerprint density at radius 2 is 2.37 bits per heavy atom. The van der Waals surface area contributed by atoms with Crippen LogP contribution in [0.4, 0.5) is 0 Å². The minimum Gasteiger partial charge on any atom is -0.315 e. The summed E-state index contributed by atoms with van der Waals surface area (Å²) in [6.07, 6.45) is 4.29. The van der Waals surface area contributed by atoms with Crippen LogP contribution in [0.25, 0.3) is 0 Å². The van der Waals surface area contributed by atoms with Gasteiger partial charge in [0.2, 0.25) is 0 Å². The Labute approximate surface area is 125 Å². The quantitative estimate of drug-likeness (QED) is 0.875. The molecule has 3 nitrogen and oxygen atoms in total. The van der Waals surface area contributed by atoms with Gasteiger partial charge in [-0.25, -0.2) is 0 Å². The van der Waals surface area contributed by atoms with E-state index in [9.17, 15) is 0 Å². The number of likely N-dealkylation sites (N-methyl/N-ethyl adjacent to an activating group) is 1. The second-order valence-electron chi connectivity index (χ2n) is 5.13. The van der Waals surface area contributed by atoms with E-state index in [4.69, 9.17) is 5.10 Å². The van der Waals surface area contributed by atoms with Crippen molar-refractivity contribution < 1.29 is 0 Å². The predicted octanol–water partition coefficient (Wildman–Crippen LogP) is 2.83. The third-order valence-corrected chi connectivity index (χ3v) is 6.72. The van der Waals surface area contributed by atoms with Crippen LogP contribution < -0.4 is 5.32 Å². The van der Waals surface area contributed by atoms with E-state index in [2.05, 4.69) is 66.7 Å². The number of aromatic nitrogens is 2. The summed E-state index contributed by atoms with van der Waals surface area (Å²) < 4.78 is 2.10. The lowest BCUT2D eigenvalue weighted by Crippen LogP contribution is -2.40. The highest BCUT2D eigenvalue weighted by atomic mass is 32.2. The summed E-state index contributed by atoms with van der Waals surface area (Å²) >= 11 is 4.20. The van der Waals surface area contributed by atoms with Crippen molar-refractivity contribution in [2.75, 3.05) is 24.3 Å². The number of rotatable bonds is 6. The van der Waals surface area contributed by atoms with Crippen molar-refractivity contribution in [1.29, 1.82) is 0 Å². The zero-order chi connectivity index (χ0) is 13.7. The van der Waals surface area contributed by atoms with Gasteiger partial charge in [0, 0.05) is 47.2 Å². The van der Waals surface area contributed by atoms with E-state index in [-0.39, 0.29) is 0 Å². The molecule has 1 aromatic rings. The third-order valence-electron chi connectivity index (χ3n) is 3.80. The standard InChI is InChI=1S/C14H25N3S2/c1-4-11(2)17-6-5-12(16-17)9-13(15-3)14-10-18-7-8-19-14/h5-6,11,13-15H,4,7-10H2,1-3H3. The highest BCUT2D eigenvalue weighted by molar-refractivity contribution is 8.06. The van der Waals surface area contributed by atoms with Gasteiger partial charge in [-0.1, -0.05) is 6.92 Å². The normalized spacial score (nSPS) is 23.2. The van der Waals surface area contributed by atoms with Gasteiger partial charge in [-0.05, 0) is 26.5 Å². The van der Waals surface area contributed by atoms with Crippen LogP contribution in [0.2, 0.25) is 0 Å². The molecule has 0 aliphatic carbocycles. The highest BCUT2D eigenvalue weighted by Crippen LogP contribution is 2.27. The van der Waals surface area contributed by atoms with E-state index in [0.29, 0.717) is 12.1 Å². The van der Waals surface area contributed by atoms with Crippen LogP contribution in [-0.4, -0.2) is 45.4 Å². The summed E-state index contributed by atoms with van der Waals surface area (Å²) in [6.45, 7) is 4.43. The fourth-order valence-electron chi connectivity index (χ4n) is 2.30. The van der Waals surface area contributed by atoms with Crippen LogP contribution in [-0.2, 0) is 6.42 Å². The topological polar surface area (TPSA) is 29.9 Å². The molecule has 2 rings (SSSR count). The van der Waals surface area contributed by atoms with E-state index in [0.717, 1.165) is 18.1 Å². The van der Waals surface area contributed by atoms with Crippen molar-refractivity contribution in [2.24, 2.45) is 0 Å². The molecule has 0 amide bonds. The Morgan fingerprint density at radius 3 is 3.00 bits per heavy atom. The first-order chi connectivity index (χ1) is 9.24. The fourth-order valence-corrected chi connectivity index (χ4v) is 5.23. The molecule has 1 aliphatic heterocycles. The first kappa shape index (κ1) is 15.3. The molecule has 0 aromatic carbocycles. The van der Waals surface area contributed by atoms with Crippen LogP contribution in [0.3, 0.4) is 0 Å². The average Bonchev–Trinajstić information content (AvgIpc) is 2.93. The first-order valence-corrected chi connectivity index (χ1v) is 9.35. The van der Waals surface area contributed by atoms with E-state index < -0.39 is 0 Å². The molecule has 3 unspecified atom stereocenters. The molecule has 1 saturated heterocycles. The van der Waals surface area contributed by atoms with E-state index >= 15 is 0 Å². The van der Waals surface area contributed by atoms with Gasteiger partial charge in [0.1, 0.15) is 0 Å². The lowest BCUT2D eigenvalue weighted by molar-refractivity contribution is 0.467. The minimum atomic E-state index is 0.501. The summed E-state index contributed by atoms with van der Waals surface area (Å²) in [7, 11) is 2.08. The molecule has 108 valence electrons. The summed E-state index contributed by atoms with van der Waals surface area (Å²) in [6, 6.07) is 3.22. The van der Waals surface area contributed by atoms with Gasteiger partial charge in [-0.3, -0.25) is 4.68 Å². The molecule has 3 atom stereocenters. The molecule has 1 fully saturated rings. The Hall–Kier alpha value is -0.130. The molecule has 0 bridgehead atoms. The van der Waals surface area contributed by atoms with Crippen LogP contribution in [0, 0.1) is 0 Å². The fraction of sp³-hybridized carbons (Fsp3) is 0.786. The van der Waals surface area contributed by atoms with Gasteiger partial charge >= 0.3 is 0 Å². The van der Waals surface area contributed by atoms with Gasteiger partial charge in [-0.2, -0.15) is 28.6 Å². The van der Waals surface area contributed by atoms with Crippen molar-refractivity contribution in [2.45, 2.75) is 44.0 Å². The van der Waals surface area contributed by atoms with Crippen LogP contribution in [0.1, 0.15) is 32.0 Å². The van der Waals surface area contributed by atoms with Gasteiger partial charge in [-0.15, -0.1) is 0 Å². The number of nitrogens with one attached hydrogen (secondary N) is 1. The summed E-state index contributed by atoms with van der Waals surface area (Å²) in [5.41, 5.74) is 1.22. The molecule has 19 heavy (non-hydrogen) atoms. The molecular weight excluding hydrogens is 274 g/mol. The Balaban J connectivity index is 1.95. The van der Waals surface area contributed by atoms with Gasteiger partial charge in [0.15, 0.2) is 0 Å². The third kappa shape index (κ3) is 4.17. The largest absolute Gasteiger partial charge is 0.315 e. The lowest BCUT2D eigenvalue weighted by Gasteiger charge is -2.28. The molecule has 1 aliphatic rings. The van der Waals surface area contributed by atoms with Gasteiger partial charge in [0.05, 0.1) is 5.69 Å². The minimum absolute atomic E-state index is 0.501. The summed E-state index contributed by atoms with van der Waals surface area (Å²) in [5, 5.41) is 8.93. The maximum Gasteiger partial charge on any atom is 0.0640 e. The van der Waals surface area contributed by atoms with Crippen molar-refractivity contribution in [3.05, 3.63) is 18.0 Å². The van der Waals surface area contributed by atoms with Gasteiger partial charge < -0.3 is 5.32 Å². The summed E-state index contributed by atoms with van der Waals surface area (Å²) in [4.78, 5) is 0. The number of nitrogens with zero attached hydrogens (tertiary/aromatic N) is 2. The monoisotopic (exact) mass is 299 g/mol. The van der Waals surface area contributed by atoms with E-state index in [1.165, 1.54) is 23.0 Å². The second kappa shape index (κ2) is 7.60. The maximum atomic E-state index is 4.72. The zero-order valence-corrected chi connectivity index (χ0v) is 13.8. The predicted molar refractivity (Wildman–Crippen MR) is 87.4 cm³/mol. The van der Waals surface area contributed by atoms with Crippen molar-refractivity contribution >= 4 is 23.5 Å². The van der Waals surface area contributed by atoms with E-state index in [1.54, 1.807) is 0 Å². The van der Waals surface area contributed by atoms with E-state index in [1.807, 2.05) is 0 Å². The Bertz CT molecular complexity index is 375. The smallest absolute Gasteiger partial charge is 0.0640 e. The maximum absolute atomic E-state index is 4.72. The number of hydrogen-bond donors (Lipinski definition) is 1. The lowest BCUT2D eigenvalue weighted by atomic mass is 10.1. The van der Waals surface area contributed by atoms with Crippen LogP contribution >= 0.6 is 23.5 Å². The average molecular weight is 300 g/mol. The SMILES string of the molecule is CCC(C)n1ccc(CC(NC)C2CSCCS2)n1. The molecule has 2 heterocycles. The van der Waals surface area contributed by atoms with Crippen molar-refractivity contribution in [1.82, 2.24) is 15.1 Å². The molecule has 0 spiro atoms. The Morgan fingerprint density at radius 1 is 1.53 bits per heavy atom. The van der Waals surface area contributed by atoms with Crippen molar-refractivity contribution in [3.63, 3.8) is 0 Å². The van der Waals surface area contributed by atoms with Gasteiger partial charge in [0.25, 0.3) is 0 Å². The molecule has 5 heteroatoms. The Kier molecular flexibility index (Phi) is 6.10. The molecule has 1 N–H and O–H groups in total. The number of hydrogen-bond acceptors (Lipinski definition) is 4. The van der Waals surface area contributed by atoms with Crippen molar-refractivity contribution in [3.8, 4) is 0 Å². The molecule has 1 aromatic heterocycles. The zero-order valence-electron chi connectivity index (χ0n) is 12.1. The molecular formula is C14H25N3S2. The second-order valence-corrected chi connectivity index (χ2v) is 7.62. The number of thioether (sulfide) groups is 2.